The minimum atomic E-state index is 0.0788. The van der Waals surface area contributed by atoms with Crippen LogP contribution in [0, 0.1) is 0 Å². The fraction of sp³-hybridized carbons (Fsp3) is 0.143. The lowest BCUT2D eigenvalue weighted by atomic mass is 10.0. The van der Waals surface area contributed by atoms with Crippen LogP contribution in [-0.2, 0) is 6.42 Å². The third-order valence-corrected chi connectivity index (χ3v) is 2.54. The average molecular weight is 227 g/mol. The van der Waals surface area contributed by atoms with Gasteiger partial charge in [0.2, 0.25) is 0 Å². The Morgan fingerprint density at radius 3 is 2.71 bits per heavy atom. The first-order chi connectivity index (χ1) is 8.31. The van der Waals surface area contributed by atoms with E-state index < -0.39 is 0 Å². The molecule has 0 saturated carbocycles. The Morgan fingerprint density at radius 2 is 2.00 bits per heavy atom. The second kappa shape index (κ2) is 5.25. The lowest BCUT2D eigenvalue weighted by Crippen LogP contribution is -2.04. The number of ketones is 1. The van der Waals surface area contributed by atoms with Crippen LogP contribution in [-0.4, -0.2) is 17.9 Å². The van der Waals surface area contributed by atoms with Crippen molar-refractivity contribution in [3.8, 4) is 5.75 Å². The highest BCUT2D eigenvalue weighted by atomic mass is 16.5. The molecule has 3 heteroatoms. The molecule has 2 aromatic rings. The van der Waals surface area contributed by atoms with E-state index in [9.17, 15) is 4.79 Å². The van der Waals surface area contributed by atoms with Crippen LogP contribution in [0.15, 0.2) is 48.8 Å². The fourth-order valence-corrected chi connectivity index (χ4v) is 1.64. The van der Waals surface area contributed by atoms with Gasteiger partial charge >= 0.3 is 0 Å². The van der Waals surface area contributed by atoms with Crippen molar-refractivity contribution >= 4 is 5.78 Å². The van der Waals surface area contributed by atoms with Gasteiger partial charge in [0.05, 0.1) is 13.3 Å². The van der Waals surface area contributed by atoms with Crippen molar-refractivity contribution in [3.05, 3.63) is 59.9 Å². The number of Topliss-reactive ketones (excluding diaryl/α,β-unsaturated/α-hetero) is 1. The summed E-state index contributed by atoms with van der Waals surface area (Å²) in [4.78, 5) is 16.0. The maximum atomic E-state index is 12.0. The van der Waals surface area contributed by atoms with Crippen LogP contribution in [0.4, 0.5) is 0 Å². The molecule has 0 bridgehead atoms. The maximum Gasteiger partial charge on any atom is 0.167 e. The second-order valence-corrected chi connectivity index (χ2v) is 3.65. The lowest BCUT2D eigenvalue weighted by molar-refractivity contribution is 0.0992. The summed E-state index contributed by atoms with van der Waals surface area (Å²) < 4.78 is 5.17. The molecule has 0 saturated heterocycles. The van der Waals surface area contributed by atoms with Gasteiger partial charge in [0.15, 0.2) is 5.78 Å². The number of hydrogen-bond acceptors (Lipinski definition) is 3. The van der Waals surface area contributed by atoms with Crippen molar-refractivity contribution < 1.29 is 9.53 Å². The van der Waals surface area contributed by atoms with E-state index in [1.807, 2.05) is 30.3 Å². The number of rotatable bonds is 4. The predicted molar refractivity (Wildman–Crippen MR) is 65.3 cm³/mol. The van der Waals surface area contributed by atoms with Gasteiger partial charge in [-0.05, 0) is 6.07 Å². The monoisotopic (exact) mass is 227 g/mol. The molecule has 1 heterocycles. The van der Waals surface area contributed by atoms with Crippen LogP contribution in [0.25, 0.3) is 0 Å². The number of nitrogens with zero attached hydrogens (tertiary/aromatic N) is 1. The Bertz CT molecular complexity index is 509. The van der Waals surface area contributed by atoms with E-state index in [2.05, 4.69) is 4.98 Å². The summed E-state index contributed by atoms with van der Waals surface area (Å²) in [5.74, 6) is 0.729. The van der Waals surface area contributed by atoms with Crippen LogP contribution in [0.1, 0.15) is 15.9 Å². The molecule has 0 spiro atoms. The summed E-state index contributed by atoms with van der Waals surface area (Å²) >= 11 is 0. The summed E-state index contributed by atoms with van der Waals surface area (Å²) in [5.41, 5.74) is 1.57. The van der Waals surface area contributed by atoms with Gasteiger partial charge in [-0.3, -0.25) is 9.78 Å². The molecule has 3 nitrogen and oxygen atoms in total. The summed E-state index contributed by atoms with van der Waals surface area (Å²) in [6.45, 7) is 0. The largest absolute Gasteiger partial charge is 0.495 e. The number of ether oxygens (including phenoxy) is 1. The van der Waals surface area contributed by atoms with Crippen molar-refractivity contribution in [1.29, 1.82) is 0 Å². The second-order valence-electron chi connectivity index (χ2n) is 3.65. The highest BCUT2D eigenvalue weighted by Crippen LogP contribution is 2.18. The van der Waals surface area contributed by atoms with E-state index >= 15 is 0 Å². The third kappa shape index (κ3) is 2.69. The minimum absolute atomic E-state index is 0.0788. The zero-order valence-corrected chi connectivity index (χ0v) is 9.59. The molecule has 17 heavy (non-hydrogen) atoms. The van der Waals surface area contributed by atoms with Gasteiger partial charge in [-0.1, -0.05) is 30.3 Å². The molecule has 0 N–H and O–H groups in total. The van der Waals surface area contributed by atoms with E-state index in [1.165, 1.54) is 0 Å². The molecule has 0 atom stereocenters. The fourth-order valence-electron chi connectivity index (χ4n) is 1.64. The van der Waals surface area contributed by atoms with E-state index in [0.29, 0.717) is 17.7 Å². The van der Waals surface area contributed by atoms with Crippen LogP contribution in [0.3, 0.4) is 0 Å². The Hall–Kier alpha value is -2.16. The predicted octanol–water partition coefficient (Wildman–Crippen LogP) is 2.52. The summed E-state index contributed by atoms with van der Waals surface area (Å²) in [7, 11) is 1.58. The van der Waals surface area contributed by atoms with Crippen molar-refractivity contribution in [2.45, 2.75) is 6.42 Å². The third-order valence-electron chi connectivity index (χ3n) is 2.54. The summed E-state index contributed by atoms with van der Waals surface area (Å²) in [5, 5.41) is 0. The molecular formula is C14H13NO2. The minimum Gasteiger partial charge on any atom is -0.495 e. The van der Waals surface area contributed by atoms with Crippen LogP contribution in [0.2, 0.25) is 0 Å². The molecule has 0 aliphatic rings. The van der Waals surface area contributed by atoms with Crippen molar-refractivity contribution in [2.75, 3.05) is 7.11 Å². The number of methoxy groups -OCH3 is 1. The van der Waals surface area contributed by atoms with E-state index in [4.69, 9.17) is 4.74 Å². The van der Waals surface area contributed by atoms with Gasteiger partial charge in [-0.15, -0.1) is 0 Å². The number of benzene rings is 1. The molecule has 1 aromatic heterocycles. The zero-order chi connectivity index (χ0) is 12.1. The Labute approximate surface area is 100 Å². The molecule has 1 aromatic carbocycles. The van der Waals surface area contributed by atoms with Gasteiger partial charge in [0, 0.05) is 23.7 Å². The number of hydrogen-bond donors (Lipinski definition) is 0. The smallest absolute Gasteiger partial charge is 0.167 e. The van der Waals surface area contributed by atoms with Crippen LogP contribution >= 0.6 is 0 Å². The Balaban J connectivity index is 2.19. The van der Waals surface area contributed by atoms with E-state index in [0.717, 1.165) is 5.56 Å². The zero-order valence-electron chi connectivity index (χ0n) is 9.59. The first-order valence-electron chi connectivity index (χ1n) is 5.36. The standard InChI is InChI=1S/C14H13NO2/c1-17-14-10-15-8-7-12(14)9-13(16)11-5-3-2-4-6-11/h2-8,10H,9H2,1H3. The maximum absolute atomic E-state index is 12.0. The molecule has 0 fully saturated rings. The molecule has 0 aliphatic carbocycles. The first kappa shape index (κ1) is 11.3. The summed E-state index contributed by atoms with van der Waals surface area (Å²) in [6.07, 6.45) is 3.61. The molecule has 86 valence electrons. The number of pyridine rings is 1. The number of carbonyl (C=O) groups excluding carboxylic acids is 1. The highest BCUT2D eigenvalue weighted by Gasteiger charge is 2.10. The van der Waals surface area contributed by atoms with Crippen molar-refractivity contribution in [3.63, 3.8) is 0 Å². The van der Waals surface area contributed by atoms with Crippen LogP contribution < -0.4 is 4.74 Å². The van der Waals surface area contributed by atoms with Crippen molar-refractivity contribution in [1.82, 2.24) is 4.98 Å². The number of carbonyl (C=O) groups is 1. The van der Waals surface area contributed by atoms with Crippen LogP contribution in [0.5, 0.6) is 5.75 Å². The Kier molecular flexibility index (Phi) is 3.50. The Morgan fingerprint density at radius 1 is 1.24 bits per heavy atom. The lowest BCUT2D eigenvalue weighted by Gasteiger charge is -2.06. The quantitative estimate of drug-likeness (QED) is 0.753. The molecule has 2 rings (SSSR count). The number of aromatic nitrogens is 1. The van der Waals surface area contributed by atoms with Gasteiger partial charge in [-0.25, -0.2) is 0 Å². The van der Waals surface area contributed by atoms with Gasteiger partial charge in [0.25, 0.3) is 0 Å². The van der Waals surface area contributed by atoms with Crippen molar-refractivity contribution in [2.24, 2.45) is 0 Å². The molecule has 0 unspecified atom stereocenters. The van der Waals surface area contributed by atoms with Gasteiger partial charge in [0.1, 0.15) is 5.75 Å². The molecular weight excluding hydrogens is 214 g/mol. The molecule has 0 aliphatic heterocycles. The average Bonchev–Trinajstić information content (AvgIpc) is 2.40. The highest BCUT2D eigenvalue weighted by molar-refractivity contribution is 5.97. The SMILES string of the molecule is COc1cnccc1CC(=O)c1ccccc1. The van der Waals surface area contributed by atoms with E-state index in [-0.39, 0.29) is 5.78 Å². The molecule has 0 amide bonds. The topological polar surface area (TPSA) is 39.2 Å². The molecule has 0 radical (unpaired) electrons. The first-order valence-corrected chi connectivity index (χ1v) is 5.36. The van der Waals surface area contributed by atoms with E-state index in [1.54, 1.807) is 25.6 Å². The normalized spacial score (nSPS) is 9.94. The summed E-state index contributed by atoms with van der Waals surface area (Å²) in [6, 6.07) is 11.0. The van der Waals surface area contributed by atoms with Gasteiger partial charge in [-0.2, -0.15) is 0 Å². The van der Waals surface area contributed by atoms with Gasteiger partial charge < -0.3 is 4.74 Å².